The van der Waals surface area contributed by atoms with Crippen LogP contribution in [0.4, 0.5) is 0 Å². The van der Waals surface area contributed by atoms with E-state index in [9.17, 15) is 0 Å². The quantitative estimate of drug-likeness (QED) is 0.389. The van der Waals surface area contributed by atoms with E-state index in [1.807, 2.05) is 0 Å². The van der Waals surface area contributed by atoms with Gasteiger partial charge in [-0.3, -0.25) is 0 Å². The van der Waals surface area contributed by atoms with Crippen molar-refractivity contribution in [3.63, 3.8) is 0 Å². The van der Waals surface area contributed by atoms with E-state index in [1.54, 1.807) is 0 Å². The maximum absolute atomic E-state index is 3.40. The third kappa shape index (κ3) is 6.66. The lowest BCUT2D eigenvalue weighted by molar-refractivity contribution is 0.420. The van der Waals surface area contributed by atoms with Crippen molar-refractivity contribution in [2.24, 2.45) is 5.92 Å². The molecule has 2 rings (SSSR count). The molecule has 1 aliphatic carbocycles. The lowest BCUT2D eigenvalue weighted by Gasteiger charge is -2.19. The predicted octanol–water partition coefficient (Wildman–Crippen LogP) is 6.69. The molecule has 0 amide bonds. The number of hydrogen-bond donors (Lipinski definition) is 0. The van der Waals surface area contributed by atoms with E-state index >= 15 is 0 Å². The Morgan fingerprint density at radius 2 is 1.74 bits per heavy atom. The molecule has 0 spiro atoms. The molecule has 124 valence electrons. The second-order valence-corrected chi connectivity index (χ2v) is 6.92. The van der Waals surface area contributed by atoms with Crippen LogP contribution >= 0.6 is 0 Å². The molecule has 1 unspecified atom stereocenters. The maximum atomic E-state index is 3.40. The normalized spacial score (nSPS) is 17.3. The van der Waals surface area contributed by atoms with E-state index in [0.29, 0.717) is 0 Å². The van der Waals surface area contributed by atoms with Gasteiger partial charge in [0, 0.05) is 5.56 Å². The minimum atomic E-state index is 0.907. The molecule has 0 fully saturated rings. The van der Waals surface area contributed by atoms with E-state index in [0.717, 1.165) is 11.5 Å². The standard InChI is InChI=1S/C23H32/c1-3-5-7-9-21-12-16-23(17-13-21)19-18-22-14-10-20(11-15-22)8-6-4-2/h10-11,14-16,21H,3-9,12-13,17H2,1-2H3. The highest BCUT2D eigenvalue weighted by atomic mass is 14.2. The van der Waals surface area contributed by atoms with Gasteiger partial charge in [0.25, 0.3) is 0 Å². The molecule has 0 bridgehead atoms. The Morgan fingerprint density at radius 1 is 0.957 bits per heavy atom. The smallest absolute Gasteiger partial charge is 0.0249 e. The zero-order chi connectivity index (χ0) is 16.3. The molecular formula is C23H32. The van der Waals surface area contributed by atoms with Crippen LogP contribution < -0.4 is 0 Å². The van der Waals surface area contributed by atoms with E-state index in [-0.39, 0.29) is 0 Å². The molecule has 0 nitrogen and oxygen atoms in total. The first-order valence-electron chi connectivity index (χ1n) is 9.61. The molecule has 0 N–H and O–H groups in total. The Balaban J connectivity index is 1.82. The van der Waals surface area contributed by atoms with Crippen molar-refractivity contribution in [2.45, 2.75) is 78.1 Å². The van der Waals surface area contributed by atoms with Gasteiger partial charge in [0.1, 0.15) is 0 Å². The molecule has 0 saturated carbocycles. The zero-order valence-electron chi connectivity index (χ0n) is 15.0. The van der Waals surface area contributed by atoms with Gasteiger partial charge in [0.2, 0.25) is 0 Å². The highest BCUT2D eigenvalue weighted by Crippen LogP contribution is 2.27. The molecule has 0 aliphatic heterocycles. The van der Waals surface area contributed by atoms with Crippen molar-refractivity contribution in [2.75, 3.05) is 0 Å². The first-order chi connectivity index (χ1) is 11.3. The first-order valence-corrected chi connectivity index (χ1v) is 9.61. The maximum Gasteiger partial charge on any atom is 0.0249 e. The van der Waals surface area contributed by atoms with Gasteiger partial charge in [-0.2, -0.15) is 0 Å². The molecule has 1 aromatic carbocycles. The minimum Gasteiger partial charge on any atom is -0.0726 e. The molecule has 0 saturated heterocycles. The summed E-state index contributed by atoms with van der Waals surface area (Å²) in [6, 6.07) is 8.82. The second kappa shape index (κ2) is 10.3. The monoisotopic (exact) mass is 308 g/mol. The van der Waals surface area contributed by atoms with Crippen LogP contribution in [-0.4, -0.2) is 0 Å². The summed E-state index contributed by atoms with van der Waals surface area (Å²) in [6.45, 7) is 4.52. The van der Waals surface area contributed by atoms with Gasteiger partial charge >= 0.3 is 0 Å². The Hall–Kier alpha value is -1.48. The first kappa shape index (κ1) is 17.9. The summed E-state index contributed by atoms with van der Waals surface area (Å²) in [5.41, 5.74) is 3.94. The van der Waals surface area contributed by atoms with Gasteiger partial charge < -0.3 is 0 Å². The number of aryl methyl sites for hydroxylation is 1. The second-order valence-electron chi connectivity index (χ2n) is 6.92. The summed E-state index contributed by atoms with van der Waals surface area (Å²) < 4.78 is 0. The molecular weight excluding hydrogens is 276 g/mol. The molecule has 1 aromatic rings. The van der Waals surface area contributed by atoms with E-state index in [2.05, 4.69) is 56.0 Å². The molecule has 0 radical (unpaired) electrons. The fourth-order valence-corrected chi connectivity index (χ4v) is 3.24. The van der Waals surface area contributed by atoms with Crippen LogP contribution in [0.2, 0.25) is 0 Å². The van der Waals surface area contributed by atoms with Crippen LogP contribution in [0.3, 0.4) is 0 Å². The molecule has 23 heavy (non-hydrogen) atoms. The van der Waals surface area contributed by atoms with Crippen LogP contribution in [0.15, 0.2) is 35.9 Å². The Kier molecular flexibility index (Phi) is 8.02. The van der Waals surface area contributed by atoms with Crippen molar-refractivity contribution >= 4 is 0 Å². The highest BCUT2D eigenvalue weighted by molar-refractivity contribution is 5.42. The summed E-state index contributed by atoms with van der Waals surface area (Å²) in [5, 5.41) is 0. The fraction of sp³-hybridized carbons (Fsp3) is 0.565. The van der Waals surface area contributed by atoms with Gasteiger partial charge in [0.05, 0.1) is 0 Å². The highest BCUT2D eigenvalue weighted by Gasteiger charge is 2.12. The molecule has 0 aromatic heterocycles. The van der Waals surface area contributed by atoms with Crippen LogP contribution in [-0.2, 0) is 6.42 Å². The minimum absolute atomic E-state index is 0.907. The topological polar surface area (TPSA) is 0 Å². The SMILES string of the molecule is CCCCCC1CC=C(C#Cc2ccc(CCCC)cc2)CC1. The Morgan fingerprint density at radius 3 is 2.39 bits per heavy atom. The van der Waals surface area contributed by atoms with Gasteiger partial charge in [-0.1, -0.05) is 76.0 Å². The predicted molar refractivity (Wildman–Crippen MR) is 101 cm³/mol. The third-order valence-electron chi connectivity index (χ3n) is 4.88. The van der Waals surface area contributed by atoms with Crippen LogP contribution in [0.1, 0.15) is 82.8 Å². The van der Waals surface area contributed by atoms with Crippen molar-refractivity contribution in [3.05, 3.63) is 47.0 Å². The molecule has 1 aliphatic rings. The average Bonchev–Trinajstić information content (AvgIpc) is 2.60. The summed E-state index contributed by atoms with van der Waals surface area (Å²) in [6.07, 6.45) is 15.4. The van der Waals surface area contributed by atoms with Gasteiger partial charge in [0.15, 0.2) is 0 Å². The summed E-state index contributed by atoms with van der Waals surface area (Å²) in [5.74, 6) is 7.65. The summed E-state index contributed by atoms with van der Waals surface area (Å²) >= 11 is 0. The van der Waals surface area contributed by atoms with Crippen molar-refractivity contribution < 1.29 is 0 Å². The Labute approximate surface area is 143 Å². The molecule has 0 heteroatoms. The summed E-state index contributed by atoms with van der Waals surface area (Å²) in [7, 11) is 0. The summed E-state index contributed by atoms with van der Waals surface area (Å²) in [4.78, 5) is 0. The van der Waals surface area contributed by atoms with E-state index in [4.69, 9.17) is 0 Å². The number of unbranched alkanes of at least 4 members (excludes halogenated alkanes) is 3. The van der Waals surface area contributed by atoms with Crippen LogP contribution in [0.25, 0.3) is 0 Å². The van der Waals surface area contributed by atoms with E-state index < -0.39 is 0 Å². The lowest BCUT2D eigenvalue weighted by atomic mass is 9.86. The average molecular weight is 309 g/mol. The molecule has 0 heterocycles. The third-order valence-corrected chi connectivity index (χ3v) is 4.88. The van der Waals surface area contributed by atoms with Crippen LogP contribution in [0, 0.1) is 17.8 Å². The number of benzene rings is 1. The van der Waals surface area contributed by atoms with E-state index in [1.165, 1.54) is 75.3 Å². The van der Waals surface area contributed by atoms with Crippen LogP contribution in [0.5, 0.6) is 0 Å². The zero-order valence-corrected chi connectivity index (χ0v) is 15.0. The van der Waals surface area contributed by atoms with Crippen molar-refractivity contribution in [1.29, 1.82) is 0 Å². The Bertz CT molecular complexity index is 536. The van der Waals surface area contributed by atoms with Crippen molar-refractivity contribution in [1.82, 2.24) is 0 Å². The van der Waals surface area contributed by atoms with Gasteiger partial charge in [-0.05, 0) is 61.3 Å². The number of allylic oxidation sites excluding steroid dienone is 2. The molecule has 1 atom stereocenters. The van der Waals surface area contributed by atoms with Gasteiger partial charge in [-0.15, -0.1) is 0 Å². The largest absolute Gasteiger partial charge is 0.0726 e. The van der Waals surface area contributed by atoms with Gasteiger partial charge in [-0.25, -0.2) is 0 Å². The van der Waals surface area contributed by atoms with Crippen molar-refractivity contribution in [3.8, 4) is 11.8 Å². The number of hydrogen-bond acceptors (Lipinski definition) is 0. The number of rotatable bonds is 7. The lowest BCUT2D eigenvalue weighted by Crippen LogP contribution is -2.05. The fourth-order valence-electron chi connectivity index (χ4n) is 3.24.